The number of nitro benzene ring substituents is 1. The van der Waals surface area contributed by atoms with Crippen LogP contribution in [0.2, 0.25) is 10.0 Å². The van der Waals surface area contributed by atoms with Crippen molar-refractivity contribution in [1.29, 1.82) is 0 Å². The van der Waals surface area contributed by atoms with Gasteiger partial charge < -0.3 is 9.64 Å². The van der Waals surface area contributed by atoms with Gasteiger partial charge in [0.05, 0.1) is 18.1 Å². The Bertz CT molecular complexity index is 808. The lowest BCUT2D eigenvalue weighted by Crippen LogP contribution is -2.42. The van der Waals surface area contributed by atoms with Gasteiger partial charge in [-0.1, -0.05) is 29.3 Å². The molecule has 3 rings (SSSR count). The number of non-ortho nitro benzene ring substituents is 1. The largest absolute Gasteiger partial charge is 0.370 e. The zero-order valence-electron chi connectivity index (χ0n) is 13.0. The third kappa shape index (κ3) is 4.10. The maximum Gasteiger partial charge on any atom is 0.270 e. The Kier molecular flexibility index (Phi) is 5.22. The first-order valence-corrected chi connectivity index (χ1v) is 8.31. The standard InChI is InChI=1S/C17H14Cl2N2O4/c18-13-6-12(7-14(19)9-13)16-10-20(4-5-25-16)17(22)11-2-1-3-15(8-11)21(23)24/h1-3,6-9,16H,4-5,10H2. The van der Waals surface area contributed by atoms with E-state index in [0.29, 0.717) is 29.7 Å². The highest BCUT2D eigenvalue weighted by atomic mass is 35.5. The SMILES string of the molecule is O=C(c1cccc([N+](=O)[O-])c1)N1CCOC(c2cc(Cl)cc(Cl)c2)C1. The molecule has 1 fully saturated rings. The van der Waals surface area contributed by atoms with Crippen molar-refractivity contribution >= 4 is 34.8 Å². The van der Waals surface area contributed by atoms with Gasteiger partial charge in [0, 0.05) is 34.3 Å². The van der Waals surface area contributed by atoms with Crippen molar-refractivity contribution < 1.29 is 14.5 Å². The van der Waals surface area contributed by atoms with Gasteiger partial charge in [0.15, 0.2) is 0 Å². The first-order chi connectivity index (χ1) is 11.9. The Morgan fingerprint density at radius 3 is 2.60 bits per heavy atom. The molecule has 0 radical (unpaired) electrons. The second-order valence-electron chi connectivity index (χ2n) is 5.62. The summed E-state index contributed by atoms with van der Waals surface area (Å²) in [6.45, 7) is 1.08. The quantitative estimate of drug-likeness (QED) is 0.592. The number of halogens is 2. The van der Waals surface area contributed by atoms with E-state index in [1.165, 1.54) is 18.2 Å². The van der Waals surface area contributed by atoms with Crippen LogP contribution >= 0.6 is 23.2 Å². The molecule has 2 aromatic rings. The summed E-state index contributed by atoms with van der Waals surface area (Å²) in [5.74, 6) is -0.273. The predicted octanol–water partition coefficient (Wildman–Crippen LogP) is 4.12. The fraction of sp³-hybridized carbons (Fsp3) is 0.235. The normalized spacial score (nSPS) is 17.4. The lowest BCUT2D eigenvalue weighted by Gasteiger charge is -2.33. The summed E-state index contributed by atoms with van der Waals surface area (Å²) < 4.78 is 5.73. The van der Waals surface area contributed by atoms with E-state index < -0.39 is 4.92 Å². The summed E-state index contributed by atoms with van der Waals surface area (Å²) in [6, 6.07) is 10.8. The van der Waals surface area contributed by atoms with Crippen molar-refractivity contribution in [3.63, 3.8) is 0 Å². The number of rotatable bonds is 3. The second-order valence-corrected chi connectivity index (χ2v) is 6.49. The van der Waals surface area contributed by atoms with E-state index in [0.717, 1.165) is 5.56 Å². The molecule has 1 atom stereocenters. The number of amides is 1. The molecule has 1 saturated heterocycles. The number of morpholine rings is 1. The molecular weight excluding hydrogens is 367 g/mol. The minimum atomic E-state index is -0.521. The molecule has 0 aromatic heterocycles. The lowest BCUT2D eigenvalue weighted by atomic mass is 10.1. The van der Waals surface area contributed by atoms with Crippen LogP contribution in [0.5, 0.6) is 0 Å². The Morgan fingerprint density at radius 1 is 1.20 bits per heavy atom. The smallest absolute Gasteiger partial charge is 0.270 e. The van der Waals surface area contributed by atoms with Crippen LogP contribution in [0.15, 0.2) is 42.5 Å². The van der Waals surface area contributed by atoms with Crippen LogP contribution in [0.1, 0.15) is 22.0 Å². The van der Waals surface area contributed by atoms with E-state index in [1.54, 1.807) is 29.2 Å². The summed E-state index contributed by atoms with van der Waals surface area (Å²) in [5.41, 5.74) is 0.949. The Hall–Kier alpha value is -2.15. The van der Waals surface area contributed by atoms with Crippen LogP contribution < -0.4 is 0 Å². The number of ether oxygens (including phenoxy) is 1. The first kappa shape index (κ1) is 17.7. The van der Waals surface area contributed by atoms with E-state index in [4.69, 9.17) is 27.9 Å². The van der Waals surface area contributed by atoms with Crippen molar-refractivity contribution in [3.05, 3.63) is 73.8 Å². The number of nitrogens with zero attached hydrogens (tertiary/aromatic N) is 2. The predicted molar refractivity (Wildman–Crippen MR) is 94.2 cm³/mol. The van der Waals surface area contributed by atoms with Crippen LogP contribution in [0.4, 0.5) is 5.69 Å². The van der Waals surface area contributed by atoms with Crippen LogP contribution in [-0.2, 0) is 4.74 Å². The summed E-state index contributed by atoms with van der Waals surface area (Å²) in [4.78, 5) is 24.7. The molecule has 0 N–H and O–H groups in total. The van der Waals surface area contributed by atoms with Gasteiger partial charge in [-0.2, -0.15) is 0 Å². The Labute approximate surface area is 154 Å². The monoisotopic (exact) mass is 380 g/mol. The number of hydrogen-bond donors (Lipinski definition) is 0. The summed E-state index contributed by atoms with van der Waals surface area (Å²) >= 11 is 12.1. The molecule has 8 heteroatoms. The maximum atomic E-state index is 12.7. The Morgan fingerprint density at radius 2 is 1.92 bits per heavy atom. The fourth-order valence-corrected chi connectivity index (χ4v) is 3.27. The van der Waals surface area contributed by atoms with Gasteiger partial charge in [0.25, 0.3) is 11.6 Å². The molecule has 6 nitrogen and oxygen atoms in total. The third-order valence-electron chi connectivity index (χ3n) is 3.91. The number of benzene rings is 2. The van der Waals surface area contributed by atoms with Gasteiger partial charge in [0.1, 0.15) is 6.10 Å². The van der Waals surface area contributed by atoms with E-state index in [9.17, 15) is 14.9 Å². The molecule has 130 valence electrons. The number of hydrogen-bond acceptors (Lipinski definition) is 4. The van der Waals surface area contributed by atoms with E-state index in [2.05, 4.69) is 0 Å². The number of carbonyl (C=O) groups is 1. The van der Waals surface area contributed by atoms with Crippen LogP contribution in [0.3, 0.4) is 0 Å². The zero-order chi connectivity index (χ0) is 18.0. The van der Waals surface area contributed by atoms with Crippen molar-refractivity contribution in [3.8, 4) is 0 Å². The molecule has 1 aliphatic rings. The molecule has 0 bridgehead atoms. The highest BCUT2D eigenvalue weighted by Gasteiger charge is 2.27. The van der Waals surface area contributed by atoms with Gasteiger partial charge in [-0.05, 0) is 29.8 Å². The van der Waals surface area contributed by atoms with Crippen molar-refractivity contribution in [2.45, 2.75) is 6.10 Å². The molecule has 2 aromatic carbocycles. The summed E-state index contributed by atoms with van der Waals surface area (Å²) in [7, 11) is 0. The minimum Gasteiger partial charge on any atom is -0.370 e. The number of carbonyl (C=O) groups excluding carboxylic acids is 1. The van der Waals surface area contributed by atoms with Crippen molar-refractivity contribution in [2.24, 2.45) is 0 Å². The maximum absolute atomic E-state index is 12.7. The third-order valence-corrected chi connectivity index (χ3v) is 4.35. The molecule has 1 heterocycles. The van der Waals surface area contributed by atoms with Gasteiger partial charge in [-0.3, -0.25) is 14.9 Å². The van der Waals surface area contributed by atoms with E-state index >= 15 is 0 Å². The lowest BCUT2D eigenvalue weighted by molar-refractivity contribution is -0.384. The van der Waals surface area contributed by atoms with Crippen molar-refractivity contribution in [1.82, 2.24) is 4.90 Å². The molecule has 0 saturated carbocycles. The average molecular weight is 381 g/mol. The summed E-state index contributed by atoms with van der Waals surface area (Å²) in [5, 5.41) is 11.9. The molecule has 25 heavy (non-hydrogen) atoms. The molecule has 1 unspecified atom stereocenters. The van der Waals surface area contributed by atoms with Crippen LogP contribution in [0, 0.1) is 10.1 Å². The molecule has 0 spiro atoms. The average Bonchev–Trinajstić information content (AvgIpc) is 2.60. The molecule has 0 aliphatic carbocycles. The number of nitro groups is 1. The molecular formula is C17H14Cl2N2O4. The summed E-state index contributed by atoms with van der Waals surface area (Å²) in [6.07, 6.45) is -0.354. The highest BCUT2D eigenvalue weighted by molar-refractivity contribution is 6.34. The van der Waals surface area contributed by atoms with E-state index in [1.807, 2.05) is 0 Å². The minimum absolute atomic E-state index is 0.114. The first-order valence-electron chi connectivity index (χ1n) is 7.55. The van der Waals surface area contributed by atoms with Gasteiger partial charge in [-0.15, -0.1) is 0 Å². The van der Waals surface area contributed by atoms with Crippen LogP contribution in [0.25, 0.3) is 0 Å². The molecule has 1 aliphatic heterocycles. The van der Waals surface area contributed by atoms with Crippen LogP contribution in [-0.4, -0.2) is 35.4 Å². The fourth-order valence-electron chi connectivity index (χ4n) is 2.73. The highest BCUT2D eigenvalue weighted by Crippen LogP contribution is 2.28. The van der Waals surface area contributed by atoms with Gasteiger partial charge in [0.2, 0.25) is 0 Å². The van der Waals surface area contributed by atoms with E-state index in [-0.39, 0.29) is 23.3 Å². The van der Waals surface area contributed by atoms with Gasteiger partial charge in [-0.25, -0.2) is 0 Å². The second kappa shape index (κ2) is 7.39. The van der Waals surface area contributed by atoms with Gasteiger partial charge >= 0.3 is 0 Å². The van der Waals surface area contributed by atoms with Crippen molar-refractivity contribution in [2.75, 3.05) is 19.7 Å². The topological polar surface area (TPSA) is 72.7 Å². The zero-order valence-corrected chi connectivity index (χ0v) is 14.5. The molecule has 1 amide bonds. The Balaban J connectivity index is 1.80.